The van der Waals surface area contributed by atoms with Gasteiger partial charge in [-0.2, -0.15) is 0 Å². The second-order valence-corrected chi connectivity index (χ2v) is 13.1. The topological polar surface area (TPSA) is 0 Å². The Morgan fingerprint density at radius 2 is 1.10 bits per heavy atom. The molecule has 4 heteroatoms. The van der Waals surface area contributed by atoms with Gasteiger partial charge < -0.3 is 24.8 Å². The van der Waals surface area contributed by atoms with Gasteiger partial charge in [0.15, 0.2) is 0 Å². The van der Waals surface area contributed by atoms with Crippen molar-refractivity contribution in [2.75, 3.05) is 0 Å². The molecule has 20 heavy (non-hydrogen) atoms. The van der Waals surface area contributed by atoms with Gasteiger partial charge in [-0.15, -0.1) is 0 Å². The van der Waals surface area contributed by atoms with Crippen LogP contribution in [-0.2, 0) is 19.2 Å². The maximum Gasteiger partial charge on any atom is -1.00 e. The summed E-state index contributed by atoms with van der Waals surface area (Å²) in [5.41, 5.74) is 6.82. The van der Waals surface area contributed by atoms with E-state index in [1.54, 1.807) is 32.7 Å². The summed E-state index contributed by atoms with van der Waals surface area (Å²) in [6.07, 6.45) is 2.61. The molecule has 0 aromatic heterocycles. The van der Waals surface area contributed by atoms with Crippen LogP contribution in [0.15, 0.2) is 40.4 Å². The molecule has 0 nitrogen and oxygen atoms in total. The molecule has 4 bridgehead atoms. The largest absolute Gasteiger partial charge is 1.00 e. The van der Waals surface area contributed by atoms with Crippen molar-refractivity contribution >= 4 is 8.07 Å². The van der Waals surface area contributed by atoms with Gasteiger partial charge in [0.25, 0.3) is 0 Å². The van der Waals surface area contributed by atoms with Crippen molar-refractivity contribution in [1.82, 2.24) is 0 Å². The van der Waals surface area contributed by atoms with Crippen LogP contribution in [-0.4, -0.2) is 8.07 Å². The Morgan fingerprint density at radius 1 is 0.750 bits per heavy atom. The van der Waals surface area contributed by atoms with Crippen LogP contribution in [0, 0.1) is 0 Å². The normalized spacial score (nSPS) is 22.9. The molecule has 1 aliphatic heterocycles. The number of allylic oxidation sites excluding steroid dienone is 8. The monoisotopic (exact) mass is 360 g/mol. The summed E-state index contributed by atoms with van der Waals surface area (Å²) in [5, 5.41) is 3.60. The van der Waals surface area contributed by atoms with E-state index in [-0.39, 0.29) is 44.0 Å². The predicted octanol–water partition coefficient (Wildman–Crippen LogP) is -1.13. The van der Waals surface area contributed by atoms with E-state index in [1.165, 1.54) is 12.8 Å². The summed E-state index contributed by atoms with van der Waals surface area (Å²) in [4.78, 5) is 0. The van der Waals surface area contributed by atoms with Gasteiger partial charge in [-0.3, -0.25) is 0 Å². The fourth-order valence-electron chi connectivity index (χ4n) is 4.50. The first-order chi connectivity index (χ1) is 8.34. The van der Waals surface area contributed by atoms with Crippen molar-refractivity contribution in [3.63, 3.8) is 0 Å². The van der Waals surface area contributed by atoms with Crippen molar-refractivity contribution in [1.29, 1.82) is 0 Å². The number of fused-ring (bicyclic) bond motifs is 2. The third-order valence-electron chi connectivity index (χ3n) is 4.94. The molecule has 0 spiro atoms. The maximum atomic E-state index is 2.58. The summed E-state index contributed by atoms with van der Waals surface area (Å²) in [7, 11) is -1.44. The molecule has 3 rings (SSSR count). The van der Waals surface area contributed by atoms with Crippen LogP contribution in [0.5, 0.6) is 0 Å². The van der Waals surface area contributed by atoms with Gasteiger partial charge in [-0.1, -0.05) is 0 Å². The van der Waals surface area contributed by atoms with Crippen LogP contribution in [0.3, 0.4) is 0 Å². The van der Waals surface area contributed by atoms with Crippen molar-refractivity contribution in [2.45, 2.75) is 53.6 Å². The zero-order valence-corrected chi connectivity index (χ0v) is 17.2. The molecule has 0 amide bonds. The van der Waals surface area contributed by atoms with Crippen molar-refractivity contribution in [3.05, 3.63) is 40.4 Å². The smallest absolute Gasteiger partial charge is 1.00 e. The standard InChI is InChI=1S/C16H22Si.2ClH.Ti/c1-11-7-8-12(2)15(11)17(5,6)16-13(3)9-10-14(16)4;;;/h7,9H2,1-6H3;2*1H;/q;;;+2/p-2. The molecule has 0 unspecified atom stereocenters. The average Bonchev–Trinajstić information content (AvgIpc) is 2.67. The van der Waals surface area contributed by atoms with Crippen molar-refractivity contribution in [3.8, 4) is 0 Å². The van der Waals surface area contributed by atoms with Crippen LogP contribution in [0.4, 0.5) is 0 Å². The van der Waals surface area contributed by atoms with Gasteiger partial charge in [-0.05, 0) is 0 Å². The molecule has 0 radical (unpaired) electrons. The molecule has 0 N–H and O–H groups in total. The molecule has 0 saturated carbocycles. The summed E-state index contributed by atoms with van der Waals surface area (Å²) < 4.78 is 3.68. The molecule has 0 atom stereocenters. The molecule has 0 fully saturated rings. The molecule has 3 aliphatic rings. The van der Waals surface area contributed by atoms with Gasteiger partial charge >= 0.3 is 121 Å². The van der Waals surface area contributed by atoms with Crippen LogP contribution in [0.2, 0.25) is 13.1 Å². The van der Waals surface area contributed by atoms with Gasteiger partial charge in [-0.25, -0.2) is 0 Å². The molecule has 0 saturated heterocycles. The molecule has 1 heterocycles. The zero-order valence-electron chi connectivity index (χ0n) is 13.2. The van der Waals surface area contributed by atoms with Gasteiger partial charge in [0.1, 0.15) is 0 Å². The molecular formula is C16H22Cl2SiTi. The maximum absolute atomic E-state index is 2.58. The Labute approximate surface area is 145 Å². The quantitative estimate of drug-likeness (QED) is 0.479. The van der Waals surface area contributed by atoms with Crippen molar-refractivity contribution in [2.24, 2.45) is 0 Å². The molecule has 0 aromatic rings. The first kappa shape index (κ1) is 18.5. The zero-order chi connectivity index (χ0) is 13.2. The number of hydrogen-bond acceptors (Lipinski definition) is 0. The van der Waals surface area contributed by atoms with Crippen LogP contribution >= 0.6 is 0 Å². The third kappa shape index (κ3) is 2.40. The fourth-order valence-corrected chi connectivity index (χ4v) is 12.3. The van der Waals surface area contributed by atoms with Gasteiger partial charge in [0, 0.05) is 0 Å². The minimum atomic E-state index is -1.44. The van der Waals surface area contributed by atoms with Crippen LogP contribution < -0.4 is 24.8 Å². The second-order valence-electron chi connectivity index (χ2n) is 6.62. The van der Waals surface area contributed by atoms with Crippen LogP contribution in [0.1, 0.15) is 40.5 Å². The molecule has 2 aliphatic carbocycles. The summed E-state index contributed by atoms with van der Waals surface area (Å²) >= 11 is -0.00759. The van der Waals surface area contributed by atoms with E-state index < -0.39 is 8.07 Å². The summed E-state index contributed by atoms with van der Waals surface area (Å²) in [5.74, 6) is 0. The second kappa shape index (κ2) is 5.93. The van der Waals surface area contributed by atoms with E-state index >= 15 is 0 Å². The van der Waals surface area contributed by atoms with E-state index in [9.17, 15) is 0 Å². The van der Waals surface area contributed by atoms with E-state index in [0.717, 1.165) is 0 Å². The Morgan fingerprint density at radius 3 is 1.45 bits per heavy atom. The van der Waals surface area contributed by atoms with E-state index in [1.807, 2.05) is 7.76 Å². The number of hydrogen-bond donors (Lipinski definition) is 0. The number of halogens is 2. The molecular weight excluding hydrogens is 339 g/mol. The van der Waals surface area contributed by atoms with E-state index in [2.05, 4.69) is 40.8 Å². The minimum absolute atomic E-state index is 0. The first-order valence-electron chi connectivity index (χ1n) is 6.91. The Hall–Kier alpha value is 0.471. The summed E-state index contributed by atoms with van der Waals surface area (Å²) in [6, 6.07) is 0. The Balaban J connectivity index is 0.000001000. The predicted molar refractivity (Wildman–Crippen MR) is 77.5 cm³/mol. The summed E-state index contributed by atoms with van der Waals surface area (Å²) in [6.45, 7) is 14.8. The average molecular weight is 361 g/mol. The number of rotatable bonds is 0. The Kier molecular flexibility index (Phi) is 5.49. The van der Waals surface area contributed by atoms with Crippen molar-refractivity contribution < 1.29 is 44.0 Å². The first-order valence-corrected chi connectivity index (χ1v) is 11.5. The SMILES string of the molecule is CC1=C2C(C)=[C](C1)[Ti+2][C]1=C(C)C(=C(C)C1)[Si]2(C)C.[Cl-].[Cl-]. The van der Waals surface area contributed by atoms with E-state index in [0.29, 0.717) is 0 Å². The minimum Gasteiger partial charge on any atom is -1.00 e. The molecule has 0 aromatic carbocycles. The van der Waals surface area contributed by atoms with E-state index in [4.69, 9.17) is 0 Å². The van der Waals surface area contributed by atoms with Gasteiger partial charge in [0.05, 0.1) is 0 Å². The fraction of sp³-hybridized carbons (Fsp3) is 0.500. The van der Waals surface area contributed by atoms with Gasteiger partial charge in [0.2, 0.25) is 0 Å². The van der Waals surface area contributed by atoms with Crippen LogP contribution in [0.25, 0.3) is 0 Å². The molecule has 108 valence electrons. The Bertz CT molecular complexity index is 542. The third-order valence-corrected chi connectivity index (χ3v) is 11.7.